The van der Waals surface area contributed by atoms with Crippen LogP contribution in [0.3, 0.4) is 0 Å². The molecule has 1 amide bonds. The van der Waals surface area contributed by atoms with Gasteiger partial charge in [0, 0.05) is 17.7 Å². The summed E-state index contributed by atoms with van der Waals surface area (Å²) < 4.78 is 10.9. The number of carbonyl (C=O) groups excluding carboxylic acids is 1. The zero-order chi connectivity index (χ0) is 19.4. The largest absolute Gasteiger partial charge is 0.493 e. The van der Waals surface area contributed by atoms with Gasteiger partial charge >= 0.3 is 0 Å². The van der Waals surface area contributed by atoms with Crippen molar-refractivity contribution < 1.29 is 14.3 Å². The second-order valence-electron chi connectivity index (χ2n) is 6.79. The van der Waals surface area contributed by atoms with Gasteiger partial charge in [-0.1, -0.05) is 44.0 Å². The number of carbonyl (C=O) groups is 1. The number of hydrogen-bond donors (Lipinski definition) is 0. The second-order valence-corrected chi connectivity index (χ2v) is 6.79. The number of anilines is 1. The number of amides is 1. The minimum Gasteiger partial charge on any atom is -0.493 e. The Kier molecular flexibility index (Phi) is 5.52. The van der Waals surface area contributed by atoms with E-state index < -0.39 is 0 Å². The standard InChI is InChI=1S/C23H23NO3/c1-5-12-27-21-11-10-17(14-22(21)26-4)13-19-18-8-6-7-9-20(18)24(23(19)25)15-16(2)3/h1,6-11,13-14,16H,12,15H2,2-4H3/b19-13-. The fourth-order valence-corrected chi connectivity index (χ4v) is 3.17. The van der Waals surface area contributed by atoms with Gasteiger partial charge in [0.05, 0.1) is 12.8 Å². The van der Waals surface area contributed by atoms with E-state index in [0.717, 1.165) is 16.8 Å². The van der Waals surface area contributed by atoms with E-state index in [9.17, 15) is 4.79 Å². The molecular weight excluding hydrogens is 338 g/mol. The van der Waals surface area contributed by atoms with Crippen LogP contribution in [0.1, 0.15) is 25.0 Å². The van der Waals surface area contributed by atoms with Crippen molar-refractivity contribution >= 4 is 23.2 Å². The van der Waals surface area contributed by atoms with Crippen LogP contribution in [0.4, 0.5) is 5.69 Å². The molecule has 0 N–H and O–H groups in total. The lowest BCUT2D eigenvalue weighted by Crippen LogP contribution is -2.30. The first-order valence-electron chi connectivity index (χ1n) is 8.92. The maximum Gasteiger partial charge on any atom is 0.259 e. The predicted molar refractivity (Wildman–Crippen MR) is 109 cm³/mol. The maximum absolute atomic E-state index is 13.0. The van der Waals surface area contributed by atoms with Gasteiger partial charge in [0.15, 0.2) is 11.5 Å². The Morgan fingerprint density at radius 1 is 1.19 bits per heavy atom. The van der Waals surface area contributed by atoms with Gasteiger partial charge in [-0.2, -0.15) is 0 Å². The molecule has 0 aromatic heterocycles. The summed E-state index contributed by atoms with van der Waals surface area (Å²) in [5, 5.41) is 0. The van der Waals surface area contributed by atoms with E-state index >= 15 is 0 Å². The molecule has 3 rings (SSSR count). The quantitative estimate of drug-likeness (QED) is 0.570. The van der Waals surface area contributed by atoms with Crippen molar-refractivity contribution in [2.24, 2.45) is 5.92 Å². The van der Waals surface area contributed by atoms with Gasteiger partial charge in [-0.15, -0.1) is 6.42 Å². The Balaban J connectivity index is 1.99. The molecule has 0 spiro atoms. The summed E-state index contributed by atoms with van der Waals surface area (Å²) in [6.07, 6.45) is 7.14. The number of nitrogens with zero attached hydrogens (tertiary/aromatic N) is 1. The lowest BCUT2D eigenvalue weighted by Gasteiger charge is -2.19. The molecule has 0 atom stereocenters. The lowest BCUT2D eigenvalue weighted by molar-refractivity contribution is -0.113. The third-order valence-electron chi connectivity index (χ3n) is 4.32. The number of methoxy groups -OCH3 is 1. The maximum atomic E-state index is 13.0. The molecule has 0 unspecified atom stereocenters. The zero-order valence-corrected chi connectivity index (χ0v) is 15.9. The highest BCUT2D eigenvalue weighted by atomic mass is 16.5. The van der Waals surface area contributed by atoms with Crippen molar-refractivity contribution in [2.45, 2.75) is 13.8 Å². The van der Waals surface area contributed by atoms with Crippen LogP contribution in [0, 0.1) is 18.3 Å². The van der Waals surface area contributed by atoms with Crippen LogP contribution in [0.2, 0.25) is 0 Å². The minimum absolute atomic E-state index is 0.0246. The van der Waals surface area contributed by atoms with E-state index in [4.69, 9.17) is 15.9 Å². The summed E-state index contributed by atoms with van der Waals surface area (Å²) in [5.41, 5.74) is 3.47. The molecular formula is C23H23NO3. The second kappa shape index (κ2) is 8.01. The third kappa shape index (κ3) is 3.83. The molecule has 0 aliphatic carbocycles. The van der Waals surface area contributed by atoms with Crippen LogP contribution >= 0.6 is 0 Å². The number of benzene rings is 2. The summed E-state index contributed by atoms with van der Waals surface area (Å²) in [6, 6.07) is 13.4. The zero-order valence-electron chi connectivity index (χ0n) is 15.9. The van der Waals surface area contributed by atoms with Crippen LogP contribution in [0.15, 0.2) is 42.5 Å². The summed E-state index contributed by atoms with van der Waals surface area (Å²) in [5.74, 6) is 4.01. The van der Waals surface area contributed by atoms with Crippen molar-refractivity contribution in [2.75, 3.05) is 25.2 Å². The molecule has 0 saturated carbocycles. The number of hydrogen-bond acceptors (Lipinski definition) is 3. The van der Waals surface area contributed by atoms with Gasteiger partial charge < -0.3 is 14.4 Å². The number of rotatable bonds is 6. The van der Waals surface area contributed by atoms with Crippen molar-refractivity contribution in [1.82, 2.24) is 0 Å². The van der Waals surface area contributed by atoms with Crippen molar-refractivity contribution in [1.29, 1.82) is 0 Å². The van der Waals surface area contributed by atoms with E-state index in [2.05, 4.69) is 19.8 Å². The van der Waals surface area contributed by atoms with Gasteiger partial charge in [-0.25, -0.2) is 0 Å². The molecule has 0 saturated heterocycles. The van der Waals surface area contributed by atoms with Crippen LogP contribution in [0.5, 0.6) is 11.5 Å². The molecule has 4 heteroatoms. The molecule has 138 valence electrons. The number of ether oxygens (including phenoxy) is 2. The van der Waals surface area contributed by atoms with Crippen LogP contribution in [0.25, 0.3) is 11.6 Å². The SMILES string of the molecule is C#CCOc1ccc(/C=C2\C(=O)N(CC(C)C)c3ccccc32)cc1OC. The van der Waals surface area contributed by atoms with Gasteiger partial charge in [-0.3, -0.25) is 4.79 Å². The Hall–Kier alpha value is -3.19. The first-order chi connectivity index (χ1) is 13.0. The highest BCUT2D eigenvalue weighted by Crippen LogP contribution is 2.38. The molecule has 0 radical (unpaired) electrons. The minimum atomic E-state index is 0.0246. The molecule has 0 fully saturated rings. The van der Waals surface area contributed by atoms with Crippen molar-refractivity contribution in [3.63, 3.8) is 0 Å². The van der Waals surface area contributed by atoms with Crippen molar-refractivity contribution in [3.05, 3.63) is 53.6 Å². The average molecular weight is 361 g/mol. The molecule has 2 aromatic rings. The van der Waals surface area contributed by atoms with E-state index in [1.807, 2.05) is 47.4 Å². The summed E-state index contributed by atoms with van der Waals surface area (Å²) in [6.45, 7) is 5.08. The average Bonchev–Trinajstić information content (AvgIpc) is 2.92. The fraction of sp³-hybridized carbons (Fsp3) is 0.261. The molecule has 1 aliphatic heterocycles. The Morgan fingerprint density at radius 2 is 1.96 bits per heavy atom. The normalized spacial score (nSPS) is 14.4. The van der Waals surface area contributed by atoms with Gasteiger partial charge in [0.1, 0.15) is 6.61 Å². The smallest absolute Gasteiger partial charge is 0.259 e. The highest BCUT2D eigenvalue weighted by molar-refractivity contribution is 6.35. The molecule has 27 heavy (non-hydrogen) atoms. The van der Waals surface area contributed by atoms with E-state index in [0.29, 0.717) is 29.5 Å². The van der Waals surface area contributed by atoms with Gasteiger partial charge in [-0.05, 0) is 35.8 Å². The van der Waals surface area contributed by atoms with Gasteiger partial charge in [0.25, 0.3) is 5.91 Å². The van der Waals surface area contributed by atoms with Gasteiger partial charge in [0.2, 0.25) is 0 Å². The first-order valence-corrected chi connectivity index (χ1v) is 8.92. The molecule has 2 aromatic carbocycles. The molecule has 4 nitrogen and oxygen atoms in total. The Bertz CT molecular complexity index is 921. The first kappa shape index (κ1) is 18.6. The highest BCUT2D eigenvalue weighted by Gasteiger charge is 2.32. The summed E-state index contributed by atoms with van der Waals surface area (Å²) in [7, 11) is 1.58. The number of fused-ring (bicyclic) bond motifs is 1. The Labute approximate surface area is 160 Å². The van der Waals surface area contributed by atoms with E-state index in [1.165, 1.54) is 0 Å². The van der Waals surface area contributed by atoms with E-state index in [1.54, 1.807) is 13.2 Å². The lowest BCUT2D eigenvalue weighted by atomic mass is 10.0. The molecule has 1 aliphatic rings. The Morgan fingerprint density at radius 3 is 2.67 bits per heavy atom. The number of terminal acetylenes is 1. The predicted octanol–water partition coefficient (Wildman–Crippen LogP) is 4.25. The van der Waals surface area contributed by atoms with E-state index in [-0.39, 0.29) is 12.5 Å². The topological polar surface area (TPSA) is 38.8 Å². The third-order valence-corrected chi connectivity index (χ3v) is 4.32. The van der Waals surface area contributed by atoms with Crippen molar-refractivity contribution in [3.8, 4) is 23.8 Å². The summed E-state index contributed by atoms with van der Waals surface area (Å²) in [4.78, 5) is 14.9. The van der Waals surface area contributed by atoms with Crippen LogP contribution in [-0.2, 0) is 4.79 Å². The molecule has 0 bridgehead atoms. The molecule has 1 heterocycles. The van der Waals surface area contributed by atoms with Crippen LogP contribution in [-0.4, -0.2) is 26.2 Å². The monoisotopic (exact) mass is 361 g/mol. The summed E-state index contributed by atoms with van der Waals surface area (Å²) >= 11 is 0. The van der Waals surface area contributed by atoms with Crippen LogP contribution < -0.4 is 14.4 Å². The number of para-hydroxylation sites is 1. The fourth-order valence-electron chi connectivity index (χ4n) is 3.17.